The lowest BCUT2D eigenvalue weighted by Gasteiger charge is -2.18. The Morgan fingerprint density at radius 2 is 2.27 bits per heavy atom. The molecule has 4 nitrogen and oxygen atoms in total. The van der Waals surface area contributed by atoms with Crippen LogP contribution in [0.5, 0.6) is 0 Å². The van der Waals surface area contributed by atoms with Gasteiger partial charge in [-0.3, -0.25) is 4.90 Å². The van der Waals surface area contributed by atoms with Gasteiger partial charge in [-0.05, 0) is 25.8 Å². The number of rotatable bonds is 7. The zero-order valence-corrected chi connectivity index (χ0v) is 9.45. The van der Waals surface area contributed by atoms with E-state index in [0.717, 1.165) is 52.2 Å². The molecular weight excluding hydrogens is 192 g/mol. The summed E-state index contributed by atoms with van der Waals surface area (Å²) in [5.41, 5.74) is 0. The third-order valence-corrected chi connectivity index (χ3v) is 2.67. The van der Waals surface area contributed by atoms with Crippen LogP contribution in [0.25, 0.3) is 0 Å². The Kier molecular flexibility index (Phi) is 6.33. The largest absolute Gasteiger partial charge is 0.385 e. The molecule has 15 heavy (non-hydrogen) atoms. The first-order valence-corrected chi connectivity index (χ1v) is 5.59. The number of hydrogen-bond acceptors (Lipinski definition) is 4. The molecule has 1 saturated heterocycles. The molecule has 1 aliphatic heterocycles. The molecule has 1 heterocycles. The lowest BCUT2D eigenvalue weighted by molar-refractivity contribution is 0.0848. The minimum Gasteiger partial charge on any atom is -0.385 e. The van der Waals surface area contributed by atoms with Gasteiger partial charge in [0.2, 0.25) is 0 Å². The molecule has 1 fully saturated rings. The van der Waals surface area contributed by atoms with E-state index < -0.39 is 0 Å². The predicted molar refractivity (Wildman–Crippen MR) is 57.5 cm³/mol. The van der Waals surface area contributed by atoms with E-state index in [1.165, 1.54) is 0 Å². The maximum absolute atomic E-state index is 8.86. The van der Waals surface area contributed by atoms with E-state index in [1.54, 1.807) is 7.11 Å². The van der Waals surface area contributed by atoms with Crippen molar-refractivity contribution in [2.45, 2.75) is 25.3 Å². The van der Waals surface area contributed by atoms with Crippen LogP contribution >= 0.6 is 0 Å². The second-order valence-electron chi connectivity index (χ2n) is 3.78. The molecule has 1 aliphatic rings. The van der Waals surface area contributed by atoms with Gasteiger partial charge in [-0.15, -0.1) is 0 Å². The maximum Gasteiger partial charge on any atom is 0.0979 e. The smallest absolute Gasteiger partial charge is 0.0979 e. The van der Waals surface area contributed by atoms with E-state index in [0.29, 0.717) is 0 Å². The highest BCUT2D eigenvalue weighted by atomic mass is 16.5. The van der Waals surface area contributed by atoms with Gasteiger partial charge in [0.05, 0.1) is 18.7 Å². The zero-order valence-electron chi connectivity index (χ0n) is 9.45. The number of ether oxygens (including phenoxy) is 2. The fourth-order valence-corrected chi connectivity index (χ4v) is 1.83. The first-order valence-electron chi connectivity index (χ1n) is 5.59. The van der Waals surface area contributed by atoms with Crippen molar-refractivity contribution in [1.82, 2.24) is 4.90 Å². The fraction of sp³-hybridized carbons (Fsp3) is 0.909. The maximum atomic E-state index is 8.86. The summed E-state index contributed by atoms with van der Waals surface area (Å²) in [7, 11) is 1.70. The topological polar surface area (TPSA) is 45.5 Å². The van der Waals surface area contributed by atoms with Gasteiger partial charge >= 0.3 is 0 Å². The summed E-state index contributed by atoms with van der Waals surface area (Å²) in [4.78, 5) is 2.20. The molecule has 1 rings (SSSR count). The lowest BCUT2D eigenvalue weighted by atomic mass is 10.2. The summed E-state index contributed by atoms with van der Waals surface area (Å²) in [6, 6.07) is 2.44. The minimum absolute atomic E-state index is 0.118. The molecule has 0 amide bonds. The molecule has 1 atom stereocenters. The molecule has 0 aromatic heterocycles. The molecule has 0 radical (unpaired) electrons. The van der Waals surface area contributed by atoms with E-state index in [-0.39, 0.29) is 6.04 Å². The van der Waals surface area contributed by atoms with Crippen LogP contribution in [0.1, 0.15) is 19.3 Å². The summed E-state index contributed by atoms with van der Waals surface area (Å²) < 4.78 is 10.4. The summed E-state index contributed by atoms with van der Waals surface area (Å²) in [6.07, 6.45) is 3.10. The van der Waals surface area contributed by atoms with E-state index in [4.69, 9.17) is 14.7 Å². The third-order valence-electron chi connectivity index (χ3n) is 2.67. The van der Waals surface area contributed by atoms with Crippen molar-refractivity contribution in [3.8, 4) is 6.07 Å². The van der Waals surface area contributed by atoms with E-state index in [1.807, 2.05) is 0 Å². The molecule has 4 heteroatoms. The molecule has 0 aromatic carbocycles. The van der Waals surface area contributed by atoms with Crippen LogP contribution in [-0.4, -0.2) is 51.0 Å². The van der Waals surface area contributed by atoms with Crippen LogP contribution in [-0.2, 0) is 9.47 Å². The Balaban J connectivity index is 1.98. The molecule has 1 unspecified atom stereocenters. The zero-order chi connectivity index (χ0) is 10.9. The number of likely N-dealkylation sites (tertiary alicyclic amines) is 1. The van der Waals surface area contributed by atoms with Crippen LogP contribution < -0.4 is 0 Å². The first-order chi connectivity index (χ1) is 7.38. The monoisotopic (exact) mass is 212 g/mol. The van der Waals surface area contributed by atoms with Crippen molar-refractivity contribution >= 4 is 0 Å². The van der Waals surface area contributed by atoms with Crippen LogP contribution in [0.3, 0.4) is 0 Å². The van der Waals surface area contributed by atoms with Crippen molar-refractivity contribution in [3.05, 3.63) is 0 Å². The highest BCUT2D eigenvalue weighted by molar-refractivity contribution is 4.95. The lowest BCUT2D eigenvalue weighted by Crippen LogP contribution is -2.31. The molecule has 86 valence electrons. The van der Waals surface area contributed by atoms with Crippen LogP contribution in [0.4, 0.5) is 0 Å². The van der Waals surface area contributed by atoms with Gasteiger partial charge in [-0.2, -0.15) is 5.26 Å². The average molecular weight is 212 g/mol. The Labute approximate surface area is 91.8 Å². The molecule has 0 N–H and O–H groups in total. The normalized spacial score (nSPS) is 21.7. The Hall–Kier alpha value is -0.630. The molecule has 0 spiro atoms. The van der Waals surface area contributed by atoms with Crippen molar-refractivity contribution in [3.63, 3.8) is 0 Å². The quantitative estimate of drug-likeness (QED) is 0.591. The summed E-state index contributed by atoms with van der Waals surface area (Å²) in [5.74, 6) is 0. The molecular formula is C11H20N2O2. The SMILES string of the molecule is COCCCOCCN1CCCC1C#N. The van der Waals surface area contributed by atoms with Crippen LogP contribution in [0, 0.1) is 11.3 Å². The van der Waals surface area contributed by atoms with Crippen LogP contribution in [0.15, 0.2) is 0 Å². The van der Waals surface area contributed by atoms with E-state index in [2.05, 4.69) is 11.0 Å². The number of methoxy groups -OCH3 is 1. The van der Waals surface area contributed by atoms with Crippen molar-refractivity contribution in [2.24, 2.45) is 0 Å². The van der Waals surface area contributed by atoms with Gasteiger partial charge in [0.1, 0.15) is 0 Å². The van der Waals surface area contributed by atoms with Crippen molar-refractivity contribution in [1.29, 1.82) is 5.26 Å². The molecule has 0 aliphatic carbocycles. The highest BCUT2D eigenvalue weighted by Crippen LogP contribution is 2.15. The van der Waals surface area contributed by atoms with Gasteiger partial charge in [0.25, 0.3) is 0 Å². The average Bonchev–Trinajstić information content (AvgIpc) is 2.70. The van der Waals surface area contributed by atoms with Gasteiger partial charge in [-0.1, -0.05) is 0 Å². The predicted octanol–water partition coefficient (Wildman–Crippen LogP) is 1.03. The summed E-state index contributed by atoms with van der Waals surface area (Å²) in [5, 5.41) is 8.86. The molecule has 0 bridgehead atoms. The molecule has 0 saturated carbocycles. The number of nitrogens with zero attached hydrogens (tertiary/aromatic N) is 2. The summed E-state index contributed by atoms with van der Waals surface area (Å²) >= 11 is 0. The Bertz CT molecular complexity index is 203. The Morgan fingerprint density at radius 1 is 1.40 bits per heavy atom. The van der Waals surface area contributed by atoms with Crippen molar-refractivity contribution < 1.29 is 9.47 Å². The molecule has 0 aromatic rings. The van der Waals surface area contributed by atoms with Gasteiger partial charge in [0.15, 0.2) is 0 Å². The third kappa shape index (κ3) is 4.61. The fourth-order valence-electron chi connectivity index (χ4n) is 1.83. The van der Waals surface area contributed by atoms with Gasteiger partial charge < -0.3 is 9.47 Å². The van der Waals surface area contributed by atoms with Crippen LogP contribution in [0.2, 0.25) is 0 Å². The van der Waals surface area contributed by atoms with E-state index >= 15 is 0 Å². The second-order valence-corrected chi connectivity index (χ2v) is 3.78. The van der Waals surface area contributed by atoms with E-state index in [9.17, 15) is 0 Å². The van der Waals surface area contributed by atoms with Gasteiger partial charge in [-0.25, -0.2) is 0 Å². The standard InChI is InChI=1S/C11H20N2O2/c1-14-7-3-8-15-9-6-13-5-2-4-11(13)10-12/h11H,2-9H2,1H3. The highest BCUT2D eigenvalue weighted by Gasteiger charge is 2.23. The van der Waals surface area contributed by atoms with Crippen molar-refractivity contribution in [2.75, 3.05) is 40.0 Å². The number of hydrogen-bond donors (Lipinski definition) is 0. The summed E-state index contributed by atoms with van der Waals surface area (Å²) in [6.45, 7) is 4.15. The Morgan fingerprint density at radius 3 is 3.00 bits per heavy atom. The first kappa shape index (κ1) is 12.4. The van der Waals surface area contributed by atoms with Gasteiger partial charge in [0, 0.05) is 26.9 Å². The number of nitriles is 1. The minimum atomic E-state index is 0.118. The second kappa shape index (κ2) is 7.63.